The highest BCUT2D eigenvalue weighted by molar-refractivity contribution is 5.79. The molecule has 2 saturated heterocycles. The second-order valence-corrected chi connectivity index (χ2v) is 10.5. The zero-order chi connectivity index (χ0) is 24.4. The zero-order valence-electron chi connectivity index (χ0n) is 21.1. The molecule has 0 spiro atoms. The summed E-state index contributed by atoms with van der Waals surface area (Å²) in [7, 11) is 1.70. The average Bonchev–Trinajstić information content (AvgIpc) is 3.25. The van der Waals surface area contributed by atoms with Gasteiger partial charge in [-0.1, -0.05) is 12.1 Å². The summed E-state index contributed by atoms with van der Waals surface area (Å²) in [5.74, 6) is 2.32. The smallest absolute Gasteiger partial charge is 0.225 e. The predicted molar refractivity (Wildman–Crippen MR) is 136 cm³/mol. The number of aryl methyl sites for hydroxylation is 2. The number of hydrogen-bond donors (Lipinski definition) is 0. The van der Waals surface area contributed by atoms with E-state index in [4.69, 9.17) is 14.5 Å². The highest BCUT2D eigenvalue weighted by Crippen LogP contribution is 2.33. The molecule has 186 valence electrons. The van der Waals surface area contributed by atoms with Gasteiger partial charge in [-0.05, 0) is 75.8 Å². The van der Waals surface area contributed by atoms with Crippen LogP contribution in [0.15, 0.2) is 42.6 Å². The first-order chi connectivity index (χ1) is 16.9. The van der Waals surface area contributed by atoms with Crippen molar-refractivity contribution in [2.24, 2.45) is 5.92 Å². The van der Waals surface area contributed by atoms with Crippen LogP contribution in [-0.2, 0) is 22.4 Å². The molecule has 0 unspecified atom stereocenters. The Morgan fingerprint density at radius 1 is 1.14 bits per heavy atom. The Kier molecular flexibility index (Phi) is 6.78. The van der Waals surface area contributed by atoms with Crippen LogP contribution in [0.3, 0.4) is 0 Å². The third kappa shape index (κ3) is 5.20. The molecule has 1 aromatic carbocycles. The molecule has 4 heterocycles. The molecule has 2 aliphatic rings. The second-order valence-electron chi connectivity index (χ2n) is 10.5. The lowest BCUT2D eigenvalue weighted by Crippen LogP contribution is -2.46. The fraction of sp³-hybridized carbons (Fsp3) is 0.536. The molecule has 0 radical (unpaired) electrons. The normalized spacial score (nSPS) is 20.8. The molecule has 7 nitrogen and oxygen atoms in total. The summed E-state index contributed by atoms with van der Waals surface area (Å²) in [5, 5.41) is 0. The van der Waals surface area contributed by atoms with Gasteiger partial charge < -0.3 is 18.9 Å². The topological polar surface area (TPSA) is 69.5 Å². The van der Waals surface area contributed by atoms with E-state index in [0.29, 0.717) is 18.6 Å². The minimum absolute atomic E-state index is 0.0736. The van der Waals surface area contributed by atoms with Gasteiger partial charge in [0.15, 0.2) is 5.65 Å². The van der Waals surface area contributed by atoms with Gasteiger partial charge in [-0.15, -0.1) is 0 Å². The van der Waals surface area contributed by atoms with Crippen molar-refractivity contribution < 1.29 is 14.3 Å². The fourth-order valence-corrected chi connectivity index (χ4v) is 5.67. The Labute approximate surface area is 207 Å². The van der Waals surface area contributed by atoms with Crippen LogP contribution < -0.4 is 4.74 Å². The maximum Gasteiger partial charge on any atom is 0.225 e. The number of piperidine rings is 1. The van der Waals surface area contributed by atoms with Gasteiger partial charge in [-0.3, -0.25) is 4.79 Å². The molecule has 2 aliphatic heterocycles. The third-order valence-electron chi connectivity index (χ3n) is 7.48. The van der Waals surface area contributed by atoms with E-state index in [-0.39, 0.29) is 11.5 Å². The Hall–Kier alpha value is -2.93. The van der Waals surface area contributed by atoms with E-state index in [1.165, 1.54) is 5.56 Å². The van der Waals surface area contributed by atoms with Crippen LogP contribution in [0, 0.1) is 5.92 Å². The number of benzene rings is 1. The number of aromatic nitrogens is 3. The van der Waals surface area contributed by atoms with Crippen molar-refractivity contribution in [3.8, 4) is 5.75 Å². The molecule has 7 heteroatoms. The van der Waals surface area contributed by atoms with E-state index in [0.717, 1.165) is 74.4 Å². The largest absolute Gasteiger partial charge is 0.497 e. The Morgan fingerprint density at radius 3 is 2.74 bits per heavy atom. The van der Waals surface area contributed by atoms with Gasteiger partial charge in [0, 0.05) is 44.3 Å². The van der Waals surface area contributed by atoms with Crippen molar-refractivity contribution in [3.63, 3.8) is 0 Å². The van der Waals surface area contributed by atoms with E-state index < -0.39 is 0 Å². The monoisotopic (exact) mass is 476 g/mol. The zero-order valence-corrected chi connectivity index (χ0v) is 21.1. The first-order valence-electron chi connectivity index (χ1n) is 12.8. The number of fused-ring (bicyclic) bond motifs is 1. The molecule has 0 bridgehead atoms. The van der Waals surface area contributed by atoms with Crippen LogP contribution in [0.25, 0.3) is 11.2 Å². The molecule has 2 fully saturated rings. The molecular weight excluding hydrogens is 440 g/mol. The molecule has 0 aliphatic carbocycles. The number of pyridine rings is 1. The molecule has 0 N–H and O–H groups in total. The molecule has 0 saturated carbocycles. The maximum absolute atomic E-state index is 13.3. The first-order valence-corrected chi connectivity index (χ1v) is 12.8. The van der Waals surface area contributed by atoms with Crippen molar-refractivity contribution in [2.45, 2.75) is 64.0 Å². The summed E-state index contributed by atoms with van der Waals surface area (Å²) in [4.78, 5) is 25.0. The first kappa shape index (κ1) is 23.8. The van der Waals surface area contributed by atoms with E-state index in [1.54, 1.807) is 7.11 Å². The highest BCUT2D eigenvalue weighted by atomic mass is 16.5. The van der Waals surface area contributed by atoms with Crippen LogP contribution in [0.4, 0.5) is 0 Å². The summed E-state index contributed by atoms with van der Waals surface area (Å²) < 4.78 is 13.6. The lowest BCUT2D eigenvalue weighted by molar-refractivity contribution is -0.146. The summed E-state index contributed by atoms with van der Waals surface area (Å²) in [6.45, 7) is 6.40. The van der Waals surface area contributed by atoms with Crippen LogP contribution >= 0.6 is 0 Å². The molecule has 1 atom stereocenters. The Bertz CT molecular complexity index is 1180. The predicted octanol–water partition coefficient (Wildman–Crippen LogP) is 4.59. The summed E-state index contributed by atoms with van der Waals surface area (Å²) >= 11 is 0. The highest BCUT2D eigenvalue weighted by Gasteiger charge is 2.36. The number of carbonyl (C=O) groups is 1. The van der Waals surface area contributed by atoms with Crippen LogP contribution in [0.5, 0.6) is 5.75 Å². The van der Waals surface area contributed by atoms with Crippen molar-refractivity contribution in [1.82, 2.24) is 19.4 Å². The minimum atomic E-state index is -0.212. The van der Waals surface area contributed by atoms with Gasteiger partial charge >= 0.3 is 0 Å². The number of carbonyl (C=O) groups excluding carboxylic acids is 1. The molecular formula is C28H36N4O3. The maximum atomic E-state index is 13.3. The summed E-state index contributed by atoms with van der Waals surface area (Å²) in [6, 6.07) is 12.5. The van der Waals surface area contributed by atoms with Crippen molar-refractivity contribution in [3.05, 3.63) is 54.0 Å². The summed E-state index contributed by atoms with van der Waals surface area (Å²) in [5.41, 5.74) is 2.91. The van der Waals surface area contributed by atoms with Crippen molar-refractivity contribution in [2.75, 3.05) is 26.8 Å². The molecule has 35 heavy (non-hydrogen) atoms. The van der Waals surface area contributed by atoms with Gasteiger partial charge in [0.2, 0.25) is 5.91 Å². The second kappa shape index (κ2) is 9.97. The van der Waals surface area contributed by atoms with Crippen molar-refractivity contribution >= 4 is 17.1 Å². The molecule has 5 rings (SSSR count). The van der Waals surface area contributed by atoms with E-state index in [1.807, 2.05) is 30.5 Å². The fourth-order valence-electron chi connectivity index (χ4n) is 5.67. The van der Waals surface area contributed by atoms with Crippen molar-refractivity contribution in [1.29, 1.82) is 0 Å². The van der Waals surface area contributed by atoms with Crippen LogP contribution in [-0.4, -0.2) is 57.7 Å². The van der Waals surface area contributed by atoms with Gasteiger partial charge in [-0.25, -0.2) is 9.97 Å². The number of hydrogen-bond acceptors (Lipinski definition) is 5. The standard InChI is InChI=1S/C28H36N4O3/c1-28(2)19-21(13-17-35-28)27(33)31-15-11-22(12-16-31)32-25(30-24-8-5-14-29-26(24)32)10-9-20-6-4-7-23(18-20)34-3/h4-8,14,18,21-22H,9-13,15-17,19H2,1-3H3/t21-/m1/s1. The van der Waals surface area contributed by atoms with E-state index >= 15 is 0 Å². The Morgan fingerprint density at radius 2 is 1.97 bits per heavy atom. The Balaban J connectivity index is 1.30. The lowest BCUT2D eigenvalue weighted by atomic mass is 9.87. The van der Waals surface area contributed by atoms with Gasteiger partial charge in [0.25, 0.3) is 0 Å². The summed E-state index contributed by atoms with van der Waals surface area (Å²) in [6.07, 6.45) is 7.04. The van der Waals surface area contributed by atoms with Crippen LogP contribution in [0.1, 0.15) is 57.0 Å². The minimum Gasteiger partial charge on any atom is -0.497 e. The van der Waals surface area contributed by atoms with Gasteiger partial charge in [-0.2, -0.15) is 0 Å². The lowest BCUT2D eigenvalue weighted by Gasteiger charge is -2.39. The number of nitrogens with zero attached hydrogens (tertiary/aromatic N) is 4. The molecule has 3 aromatic rings. The third-order valence-corrected chi connectivity index (χ3v) is 7.48. The average molecular weight is 477 g/mol. The number of amides is 1. The molecule has 1 amide bonds. The van der Waals surface area contributed by atoms with E-state index in [9.17, 15) is 4.79 Å². The number of methoxy groups -OCH3 is 1. The van der Waals surface area contributed by atoms with E-state index in [2.05, 4.69) is 40.4 Å². The SMILES string of the molecule is COc1cccc(CCc2nc3cccnc3n2C2CCN(C(=O)[C@@H]3CCOC(C)(C)C3)CC2)c1. The number of ether oxygens (including phenoxy) is 2. The van der Waals surface area contributed by atoms with Crippen LogP contribution in [0.2, 0.25) is 0 Å². The van der Waals surface area contributed by atoms with Gasteiger partial charge in [0.05, 0.1) is 12.7 Å². The quantitative estimate of drug-likeness (QED) is 0.520. The van der Waals surface area contributed by atoms with Gasteiger partial charge in [0.1, 0.15) is 17.1 Å². The number of imidazole rings is 1. The number of rotatable bonds is 6. The number of likely N-dealkylation sites (tertiary alicyclic amines) is 1. The molecule has 2 aromatic heterocycles.